The number of rotatable bonds is 4. The van der Waals surface area contributed by atoms with Gasteiger partial charge in [-0.05, 0) is 98.1 Å². The van der Waals surface area contributed by atoms with E-state index in [9.17, 15) is 14.4 Å². The van der Waals surface area contributed by atoms with E-state index in [4.69, 9.17) is 33.3 Å². The summed E-state index contributed by atoms with van der Waals surface area (Å²) in [6.45, 7) is 18.2. The maximum absolute atomic E-state index is 13.6. The predicted octanol–water partition coefficient (Wildman–Crippen LogP) is 6.06. The average molecular weight is 630 g/mol. The zero-order valence-corrected chi connectivity index (χ0v) is 28.0. The molecule has 0 N–H and O–H groups in total. The number of anilines is 1. The highest BCUT2D eigenvalue weighted by Crippen LogP contribution is 2.33. The van der Waals surface area contributed by atoms with Crippen LogP contribution in [0.25, 0.3) is 6.08 Å². The van der Waals surface area contributed by atoms with Gasteiger partial charge in [0.25, 0.3) is 0 Å². The van der Waals surface area contributed by atoms with E-state index < -0.39 is 53.7 Å². The minimum atomic E-state index is -0.936. The van der Waals surface area contributed by atoms with Crippen molar-refractivity contribution in [2.45, 2.75) is 117 Å². The van der Waals surface area contributed by atoms with E-state index in [0.717, 1.165) is 5.06 Å². The van der Waals surface area contributed by atoms with Crippen molar-refractivity contribution in [2.75, 3.05) is 18.3 Å². The summed E-state index contributed by atoms with van der Waals surface area (Å²) in [5, 5.41) is 1.07. The average Bonchev–Trinajstić information content (AvgIpc) is 3.42. The van der Waals surface area contributed by atoms with Gasteiger partial charge < -0.3 is 28.4 Å². The van der Waals surface area contributed by atoms with Gasteiger partial charge in [-0.1, -0.05) is 25.2 Å². The Morgan fingerprint density at radius 3 is 2.38 bits per heavy atom. The fraction of sp³-hybridized carbons (Fsp3) is 0.618. The van der Waals surface area contributed by atoms with Crippen molar-refractivity contribution in [1.82, 2.24) is 0 Å². The molecule has 1 amide bonds. The van der Waals surface area contributed by atoms with Crippen LogP contribution in [-0.4, -0.2) is 72.7 Å². The van der Waals surface area contributed by atoms with E-state index in [1.54, 1.807) is 86.6 Å². The van der Waals surface area contributed by atoms with Crippen molar-refractivity contribution in [2.24, 2.45) is 5.92 Å². The summed E-state index contributed by atoms with van der Waals surface area (Å²) in [6, 6.07) is 3.34. The summed E-state index contributed by atoms with van der Waals surface area (Å²) in [7, 11) is 0. The lowest BCUT2D eigenvalue weighted by Crippen LogP contribution is -2.39. The third-order valence-corrected chi connectivity index (χ3v) is 7.53. The molecule has 0 spiro atoms. The smallest absolute Gasteiger partial charge is 0.439 e. The number of aryl methyl sites for hydroxylation is 1. The summed E-state index contributed by atoms with van der Waals surface area (Å²) in [5.41, 5.74) is 0.934. The van der Waals surface area contributed by atoms with Crippen LogP contribution in [0.2, 0.25) is 0 Å². The van der Waals surface area contributed by atoms with Gasteiger partial charge >= 0.3 is 12.1 Å². The number of fused-ring (bicyclic) bond motifs is 2. The molecule has 2 fully saturated rings. The molecule has 2 saturated heterocycles. The van der Waals surface area contributed by atoms with Gasteiger partial charge in [0, 0.05) is 5.92 Å². The lowest BCUT2D eigenvalue weighted by molar-refractivity contribution is -0.152. The zero-order chi connectivity index (χ0) is 33.3. The number of nitrogens with zero attached hydrogens (tertiary/aromatic N) is 1. The van der Waals surface area contributed by atoms with Crippen LogP contribution in [0.1, 0.15) is 90.2 Å². The molecule has 45 heavy (non-hydrogen) atoms. The van der Waals surface area contributed by atoms with Crippen LogP contribution in [0, 0.1) is 12.8 Å². The van der Waals surface area contributed by atoms with Crippen molar-refractivity contribution in [3.8, 4) is 0 Å². The number of ketones is 1. The number of cyclic esters (lactones) is 1. The summed E-state index contributed by atoms with van der Waals surface area (Å²) >= 11 is 0. The van der Waals surface area contributed by atoms with E-state index in [-0.39, 0.29) is 18.3 Å². The van der Waals surface area contributed by atoms with Crippen molar-refractivity contribution in [3.63, 3.8) is 0 Å². The van der Waals surface area contributed by atoms with Crippen molar-refractivity contribution in [1.29, 1.82) is 0 Å². The third-order valence-electron chi connectivity index (χ3n) is 7.53. The van der Waals surface area contributed by atoms with Crippen LogP contribution in [0.4, 0.5) is 10.5 Å². The number of hydrogen-bond acceptors (Lipinski definition) is 10. The first-order valence-electron chi connectivity index (χ1n) is 15.4. The summed E-state index contributed by atoms with van der Waals surface area (Å²) in [6.07, 6.45) is 4.10. The molecule has 3 heterocycles. The Kier molecular flexibility index (Phi) is 10.3. The maximum atomic E-state index is 13.6. The van der Waals surface area contributed by atoms with E-state index in [1.807, 2.05) is 13.0 Å². The standard InChI is InChI=1S/C34H47NO10/c1-20-14-15-26(36)29-27(43-34(9,10)44-29)13-11-12-23-17-24(16-21(2)28(23)30(37)41-22(20)3)35(31(38)45-32(4,5)6)40-19-25-18-39-33(7,8)42-25/h11-12,14-17,20,22,25,27,29H,13,18-19H2,1-10H3/b12-11+,15-14-/t20-,22+,25-,27+,29-/m1/s1. The molecule has 0 aliphatic carbocycles. The third kappa shape index (κ3) is 9.01. The minimum absolute atomic E-state index is 0.0177. The summed E-state index contributed by atoms with van der Waals surface area (Å²) < 4.78 is 35.1. The highest BCUT2D eigenvalue weighted by atomic mass is 16.8. The molecular weight excluding hydrogens is 582 g/mol. The number of benzene rings is 1. The number of carbonyl (C=O) groups excluding carboxylic acids is 3. The monoisotopic (exact) mass is 629 g/mol. The quantitative estimate of drug-likeness (QED) is 0.287. The number of ether oxygens (including phenoxy) is 6. The molecule has 3 aliphatic rings. The molecule has 4 rings (SSSR count). The predicted molar refractivity (Wildman–Crippen MR) is 166 cm³/mol. The lowest BCUT2D eigenvalue weighted by Gasteiger charge is -2.28. The SMILES string of the molecule is Cc1cc(N(OC[C@H]2COC(C)(C)O2)C(=O)OC(C)(C)C)cc2c1C(=O)O[C@@H](C)[C@H](C)/C=C\C(=O)[C@H]1OC(C)(C)O[C@H]1C/C=C/2. The first kappa shape index (κ1) is 34.8. The Labute approximate surface area is 265 Å². The number of hydrogen-bond donors (Lipinski definition) is 0. The molecule has 0 bridgehead atoms. The maximum Gasteiger partial charge on any atom is 0.439 e. The highest BCUT2D eigenvalue weighted by Gasteiger charge is 2.44. The molecule has 11 nitrogen and oxygen atoms in total. The molecule has 11 heteroatoms. The minimum Gasteiger partial charge on any atom is -0.458 e. The molecule has 0 unspecified atom stereocenters. The molecular formula is C34H47NO10. The largest absolute Gasteiger partial charge is 0.458 e. The molecule has 0 saturated carbocycles. The second-order valence-electron chi connectivity index (χ2n) is 13.7. The molecule has 0 radical (unpaired) electrons. The first-order chi connectivity index (χ1) is 20.8. The van der Waals surface area contributed by atoms with Crippen LogP contribution >= 0.6 is 0 Å². The van der Waals surface area contributed by atoms with Gasteiger partial charge in [0.1, 0.15) is 30.5 Å². The van der Waals surface area contributed by atoms with Crippen LogP contribution in [0.5, 0.6) is 0 Å². The molecule has 0 aromatic heterocycles. The Hall–Kier alpha value is -3.09. The van der Waals surface area contributed by atoms with Crippen molar-refractivity contribution >= 4 is 29.6 Å². The molecule has 1 aromatic rings. The normalized spacial score (nSPS) is 29.6. The summed E-state index contributed by atoms with van der Waals surface area (Å²) in [4.78, 5) is 46.1. The van der Waals surface area contributed by atoms with E-state index in [1.165, 1.54) is 6.08 Å². The topological polar surface area (TPSA) is 119 Å². The lowest BCUT2D eigenvalue weighted by atomic mass is 9.97. The van der Waals surface area contributed by atoms with Gasteiger partial charge in [-0.3, -0.25) is 9.63 Å². The number of amides is 1. The van der Waals surface area contributed by atoms with E-state index in [2.05, 4.69) is 0 Å². The van der Waals surface area contributed by atoms with Crippen LogP contribution in [-0.2, 0) is 38.1 Å². The molecule has 1 aromatic carbocycles. The van der Waals surface area contributed by atoms with Gasteiger partial charge in [0.15, 0.2) is 17.4 Å². The van der Waals surface area contributed by atoms with Crippen LogP contribution < -0.4 is 5.06 Å². The molecule has 248 valence electrons. The zero-order valence-electron chi connectivity index (χ0n) is 28.0. The van der Waals surface area contributed by atoms with E-state index in [0.29, 0.717) is 35.4 Å². The Balaban J connectivity index is 1.73. The fourth-order valence-electron chi connectivity index (χ4n) is 5.27. The van der Waals surface area contributed by atoms with Gasteiger partial charge in [0.05, 0.1) is 24.0 Å². The van der Waals surface area contributed by atoms with Gasteiger partial charge in [0.2, 0.25) is 0 Å². The van der Waals surface area contributed by atoms with Gasteiger partial charge in [-0.15, -0.1) is 0 Å². The highest BCUT2D eigenvalue weighted by molar-refractivity contribution is 5.97. The van der Waals surface area contributed by atoms with Crippen molar-refractivity contribution in [3.05, 3.63) is 47.1 Å². The van der Waals surface area contributed by atoms with E-state index >= 15 is 0 Å². The number of hydroxylamine groups is 1. The fourth-order valence-corrected chi connectivity index (χ4v) is 5.27. The Bertz CT molecular complexity index is 1340. The van der Waals surface area contributed by atoms with Crippen LogP contribution in [0.15, 0.2) is 30.4 Å². The Morgan fingerprint density at radius 1 is 1.02 bits per heavy atom. The summed E-state index contributed by atoms with van der Waals surface area (Å²) in [5.74, 6) is -2.70. The van der Waals surface area contributed by atoms with Crippen molar-refractivity contribution < 1.29 is 47.6 Å². The second kappa shape index (κ2) is 13.3. The molecule has 5 atom stereocenters. The molecule has 3 aliphatic heterocycles. The van der Waals surface area contributed by atoms with Gasteiger partial charge in [-0.25, -0.2) is 9.59 Å². The number of esters is 1. The first-order valence-corrected chi connectivity index (χ1v) is 15.4. The van der Waals surface area contributed by atoms with Crippen LogP contribution in [0.3, 0.4) is 0 Å². The van der Waals surface area contributed by atoms with Gasteiger partial charge in [-0.2, -0.15) is 5.06 Å². The second-order valence-corrected chi connectivity index (χ2v) is 13.7. The number of carbonyl (C=O) groups is 3. The Morgan fingerprint density at radius 2 is 1.73 bits per heavy atom.